The molecule has 2 atom stereocenters. The summed E-state index contributed by atoms with van der Waals surface area (Å²) in [6.07, 6.45) is 7.60. The number of nitrogens with one attached hydrogen (secondary N) is 2. The number of aryl methyl sites for hydroxylation is 2. The molecule has 2 rings (SSSR count). The molecule has 0 saturated heterocycles. The molecule has 1 heterocycles. The molecular weight excluding hydrogens is 419 g/mol. The van der Waals surface area contributed by atoms with Crippen molar-refractivity contribution >= 4 is 41.3 Å². The highest BCUT2D eigenvalue weighted by atomic mass is 127. The molecule has 1 aliphatic carbocycles. The quantitative estimate of drug-likeness (QED) is 0.404. The molecule has 0 amide bonds. The van der Waals surface area contributed by atoms with Crippen molar-refractivity contribution in [3.05, 3.63) is 15.6 Å². The SMILES string of the molecule is CCC1CCCC(NC(=NC)NCCc2sc(C)nc2C)C1.I. The number of nitrogens with zero attached hydrogens (tertiary/aromatic N) is 2. The molecule has 1 aromatic heterocycles. The van der Waals surface area contributed by atoms with E-state index >= 15 is 0 Å². The van der Waals surface area contributed by atoms with E-state index in [0.29, 0.717) is 6.04 Å². The molecule has 1 aliphatic rings. The molecular formula is C17H31IN4S. The average molecular weight is 450 g/mol. The van der Waals surface area contributed by atoms with Crippen LogP contribution in [0, 0.1) is 19.8 Å². The number of guanidine groups is 1. The van der Waals surface area contributed by atoms with Crippen molar-refractivity contribution in [1.82, 2.24) is 15.6 Å². The Balaban J connectivity index is 0.00000264. The zero-order valence-corrected chi connectivity index (χ0v) is 18.0. The highest BCUT2D eigenvalue weighted by Gasteiger charge is 2.21. The fourth-order valence-electron chi connectivity index (χ4n) is 3.28. The summed E-state index contributed by atoms with van der Waals surface area (Å²) in [7, 11) is 1.86. The van der Waals surface area contributed by atoms with Gasteiger partial charge in [-0.25, -0.2) is 4.98 Å². The Morgan fingerprint density at radius 3 is 2.74 bits per heavy atom. The lowest BCUT2D eigenvalue weighted by Gasteiger charge is -2.30. The molecule has 2 unspecified atom stereocenters. The smallest absolute Gasteiger partial charge is 0.191 e. The second-order valence-corrected chi connectivity index (χ2v) is 7.56. The molecule has 1 saturated carbocycles. The van der Waals surface area contributed by atoms with Gasteiger partial charge in [-0.2, -0.15) is 0 Å². The Bertz CT molecular complexity index is 501. The standard InChI is InChI=1S/C17H30N4S.HI/c1-5-14-7-6-8-15(11-14)21-17(18-4)19-10-9-16-12(2)20-13(3)22-16;/h14-15H,5-11H2,1-4H3,(H2,18,19,21);1H. The Morgan fingerprint density at radius 1 is 1.35 bits per heavy atom. The summed E-state index contributed by atoms with van der Waals surface area (Å²) >= 11 is 1.80. The van der Waals surface area contributed by atoms with E-state index in [-0.39, 0.29) is 24.0 Å². The molecule has 2 N–H and O–H groups in total. The molecule has 0 radical (unpaired) electrons. The zero-order chi connectivity index (χ0) is 15.9. The van der Waals surface area contributed by atoms with Gasteiger partial charge >= 0.3 is 0 Å². The summed E-state index contributed by atoms with van der Waals surface area (Å²) in [4.78, 5) is 10.2. The van der Waals surface area contributed by atoms with E-state index in [0.717, 1.165) is 29.9 Å². The van der Waals surface area contributed by atoms with Crippen LogP contribution < -0.4 is 10.6 Å². The number of aromatic nitrogens is 1. The van der Waals surface area contributed by atoms with Crippen molar-refractivity contribution in [1.29, 1.82) is 0 Å². The highest BCUT2D eigenvalue weighted by Crippen LogP contribution is 2.26. The molecule has 23 heavy (non-hydrogen) atoms. The predicted octanol–water partition coefficient (Wildman–Crippen LogP) is 4.05. The third-order valence-electron chi connectivity index (χ3n) is 4.57. The Morgan fingerprint density at radius 2 is 2.13 bits per heavy atom. The first-order valence-electron chi connectivity index (χ1n) is 8.52. The van der Waals surface area contributed by atoms with Crippen LogP contribution in [0.2, 0.25) is 0 Å². The molecule has 1 fully saturated rings. The van der Waals surface area contributed by atoms with Gasteiger partial charge in [0, 0.05) is 30.9 Å². The van der Waals surface area contributed by atoms with E-state index in [1.54, 1.807) is 11.3 Å². The monoisotopic (exact) mass is 450 g/mol. The summed E-state index contributed by atoms with van der Waals surface area (Å²) in [5, 5.41) is 8.21. The number of rotatable bonds is 5. The minimum Gasteiger partial charge on any atom is -0.356 e. The van der Waals surface area contributed by atoms with Gasteiger partial charge in [-0.1, -0.05) is 26.2 Å². The Hall–Kier alpha value is -0.370. The summed E-state index contributed by atoms with van der Waals surface area (Å²) in [5.74, 6) is 1.83. The summed E-state index contributed by atoms with van der Waals surface area (Å²) in [5.41, 5.74) is 1.17. The number of aliphatic imine (C=N–C) groups is 1. The van der Waals surface area contributed by atoms with Crippen LogP contribution in [0.15, 0.2) is 4.99 Å². The van der Waals surface area contributed by atoms with Crippen molar-refractivity contribution in [3.8, 4) is 0 Å². The van der Waals surface area contributed by atoms with Crippen molar-refractivity contribution in [2.45, 2.75) is 65.3 Å². The second-order valence-electron chi connectivity index (χ2n) is 6.27. The second kappa shape index (κ2) is 10.5. The van der Waals surface area contributed by atoms with Gasteiger partial charge in [0.1, 0.15) is 0 Å². The van der Waals surface area contributed by atoms with Crippen molar-refractivity contribution in [3.63, 3.8) is 0 Å². The minimum absolute atomic E-state index is 0. The van der Waals surface area contributed by atoms with E-state index in [1.807, 2.05) is 7.05 Å². The Labute approximate surface area is 162 Å². The summed E-state index contributed by atoms with van der Waals surface area (Å²) in [6, 6.07) is 0.581. The fraction of sp³-hybridized carbons (Fsp3) is 0.765. The number of halogens is 1. The molecule has 0 bridgehead atoms. The Kier molecular flexibility index (Phi) is 9.43. The van der Waals surface area contributed by atoms with Crippen molar-refractivity contribution in [2.24, 2.45) is 10.9 Å². The minimum atomic E-state index is 0. The molecule has 1 aromatic rings. The number of hydrogen-bond donors (Lipinski definition) is 2. The maximum absolute atomic E-state index is 4.49. The topological polar surface area (TPSA) is 49.3 Å². The van der Waals surface area contributed by atoms with E-state index in [4.69, 9.17) is 0 Å². The maximum Gasteiger partial charge on any atom is 0.191 e. The number of thiazole rings is 1. The first-order valence-corrected chi connectivity index (χ1v) is 9.34. The lowest BCUT2D eigenvalue weighted by molar-refractivity contribution is 0.298. The van der Waals surface area contributed by atoms with Crippen molar-refractivity contribution in [2.75, 3.05) is 13.6 Å². The average Bonchev–Trinajstić information content (AvgIpc) is 2.84. The van der Waals surface area contributed by atoms with Gasteiger partial charge < -0.3 is 10.6 Å². The van der Waals surface area contributed by atoms with Crippen LogP contribution >= 0.6 is 35.3 Å². The third kappa shape index (κ3) is 6.57. The summed E-state index contributed by atoms with van der Waals surface area (Å²) < 4.78 is 0. The molecule has 4 nitrogen and oxygen atoms in total. The van der Waals surface area contributed by atoms with Gasteiger partial charge in [-0.3, -0.25) is 4.99 Å². The summed E-state index contributed by atoms with van der Waals surface area (Å²) in [6.45, 7) is 7.38. The molecule has 0 spiro atoms. The van der Waals surface area contributed by atoms with Crippen LogP contribution in [0.25, 0.3) is 0 Å². The van der Waals surface area contributed by atoms with Crippen molar-refractivity contribution < 1.29 is 0 Å². The van der Waals surface area contributed by atoms with Crippen LogP contribution in [0.4, 0.5) is 0 Å². The van der Waals surface area contributed by atoms with Gasteiger partial charge in [0.15, 0.2) is 5.96 Å². The van der Waals surface area contributed by atoms with Crippen LogP contribution in [0.1, 0.15) is 54.6 Å². The van der Waals surface area contributed by atoms with Crippen LogP contribution in [0.5, 0.6) is 0 Å². The zero-order valence-electron chi connectivity index (χ0n) is 14.8. The fourth-order valence-corrected chi connectivity index (χ4v) is 4.22. The van der Waals surface area contributed by atoms with Crippen LogP contribution in [-0.2, 0) is 6.42 Å². The third-order valence-corrected chi connectivity index (χ3v) is 5.70. The van der Waals surface area contributed by atoms with Gasteiger partial charge in [-0.15, -0.1) is 35.3 Å². The van der Waals surface area contributed by atoms with E-state index in [1.165, 1.54) is 42.7 Å². The molecule has 6 heteroatoms. The first kappa shape index (κ1) is 20.7. The molecule has 0 aromatic carbocycles. The van der Waals surface area contributed by atoms with Crippen LogP contribution in [-0.4, -0.2) is 30.6 Å². The normalized spacial score (nSPS) is 21.7. The van der Waals surface area contributed by atoms with Gasteiger partial charge in [0.25, 0.3) is 0 Å². The van der Waals surface area contributed by atoms with Gasteiger partial charge in [0.05, 0.1) is 10.7 Å². The predicted molar refractivity (Wildman–Crippen MR) is 111 cm³/mol. The number of hydrogen-bond acceptors (Lipinski definition) is 3. The highest BCUT2D eigenvalue weighted by molar-refractivity contribution is 14.0. The first-order chi connectivity index (χ1) is 10.6. The maximum atomic E-state index is 4.49. The molecule has 0 aliphatic heterocycles. The lowest BCUT2D eigenvalue weighted by Crippen LogP contribution is -2.45. The largest absolute Gasteiger partial charge is 0.356 e. The van der Waals surface area contributed by atoms with E-state index in [9.17, 15) is 0 Å². The lowest BCUT2D eigenvalue weighted by atomic mass is 9.84. The van der Waals surface area contributed by atoms with E-state index in [2.05, 4.69) is 41.4 Å². The molecule has 132 valence electrons. The van der Waals surface area contributed by atoms with Gasteiger partial charge in [-0.05, 0) is 32.6 Å². The van der Waals surface area contributed by atoms with Crippen LogP contribution in [0.3, 0.4) is 0 Å². The van der Waals surface area contributed by atoms with E-state index < -0.39 is 0 Å². The van der Waals surface area contributed by atoms with Gasteiger partial charge in [0.2, 0.25) is 0 Å².